The van der Waals surface area contributed by atoms with Crippen LogP contribution in [0.3, 0.4) is 0 Å². The number of ether oxygens (including phenoxy) is 1. The molecule has 0 bridgehead atoms. The fourth-order valence-corrected chi connectivity index (χ4v) is 3.04. The summed E-state index contributed by atoms with van der Waals surface area (Å²) in [4.78, 5) is 13.5. The highest BCUT2D eigenvalue weighted by Crippen LogP contribution is 2.19. The van der Waals surface area contributed by atoms with Crippen molar-refractivity contribution >= 4 is 16.6 Å². The molecule has 0 spiro atoms. The zero-order valence-corrected chi connectivity index (χ0v) is 15.2. The van der Waals surface area contributed by atoms with Crippen LogP contribution in [0.1, 0.15) is 12.5 Å². The third-order valence-electron chi connectivity index (χ3n) is 4.52. The van der Waals surface area contributed by atoms with E-state index in [0.29, 0.717) is 18.3 Å². The van der Waals surface area contributed by atoms with Gasteiger partial charge in [-0.1, -0.05) is 18.2 Å². The minimum absolute atomic E-state index is 0.0161. The molecule has 0 fully saturated rings. The van der Waals surface area contributed by atoms with E-state index in [1.54, 1.807) is 0 Å². The molecular weight excluding hydrogens is 346 g/mol. The molecule has 4 N–H and O–H groups in total. The van der Waals surface area contributed by atoms with Gasteiger partial charge in [0.2, 0.25) is 0 Å². The summed E-state index contributed by atoms with van der Waals surface area (Å²) < 4.78 is 5.50. The van der Waals surface area contributed by atoms with Gasteiger partial charge in [0.15, 0.2) is 0 Å². The van der Waals surface area contributed by atoms with Crippen molar-refractivity contribution in [3.63, 3.8) is 0 Å². The molecule has 1 aromatic heterocycles. The average Bonchev–Trinajstić information content (AvgIpc) is 3.08. The Morgan fingerprint density at radius 2 is 1.96 bits per heavy atom. The Bertz CT molecular complexity index is 892. The fraction of sp³-hybridized carbons (Fsp3) is 0.300. The molecule has 7 nitrogen and oxygen atoms in total. The monoisotopic (exact) mass is 370 g/mol. The van der Waals surface area contributed by atoms with Crippen molar-refractivity contribution in [1.29, 1.82) is 0 Å². The second-order valence-corrected chi connectivity index (χ2v) is 6.73. The number of rotatable bonds is 9. The van der Waals surface area contributed by atoms with E-state index in [4.69, 9.17) is 4.74 Å². The van der Waals surface area contributed by atoms with E-state index in [0.717, 1.165) is 11.9 Å². The van der Waals surface area contributed by atoms with Crippen molar-refractivity contribution < 1.29 is 20.1 Å². The van der Waals surface area contributed by atoms with Crippen LogP contribution in [0.15, 0.2) is 54.7 Å². The number of fused-ring (bicyclic) bond motifs is 1. The Labute approximate surface area is 157 Å². The zero-order valence-electron chi connectivity index (χ0n) is 15.2. The molecule has 142 valence electrons. The van der Waals surface area contributed by atoms with Crippen LogP contribution in [0.5, 0.6) is 5.75 Å². The van der Waals surface area contributed by atoms with Crippen LogP contribution >= 0.6 is 0 Å². The minimum Gasteiger partial charge on any atom is -0.491 e. The molecule has 27 heavy (non-hydrogen) atoms. The number of benzene rings is 2. The van der Waals surface area contributed by atoms with Gasteiger partial charge in [-0.15, -0.1) is 0 Å². The Hall–Kier alpha value is -2.90. The summed E-state index contributed by atoms with van der Waals surface area (Å²) in [6.45, 7) is 2.80. The van der Waals surface area contributed by atoms with Gasteiger partial charge in [-0.2, -0.15) is 0 Å². The standard InChI is InChI=1S/C20H23N3O4/c1-14(10-15-11-22-20-5-3-2-4-19(15)20)21-12-17(24)13-27-18-8-6-16(7-9-18)23(25)26/h2-9,11,14,17,21-22,24H,10,12-13H2,1H3/p+1. The molecule has 7 heteroatoms. The van der Waals surface area contributed by atoms with Crippen LogP contribution in [-0.2, 0) is 6.42 Å². The number of hydrogen-bond acceptors (Lipinski definition) is 4. The summed E-state index contributed by atoms with van der Waals surface area (Å²) in [5, 5.41) is 24.1. The number of nitrogens with two attached hydrogens (primary N) is 1. The number of quaternary nitrogens is 1. The molecule has 0 aliphatic rings. The largest absolute Gasteiger partial charge is 0.491 e. The average molecular weight is 370 g/mol. The van der Waals surface area contributed by atoms with Crippen LogP contribution in [-0.4, -0.2) is 40.3 Å². The molecule has 0 amide bonds. The third-order valence-corrected chi connectivity index (χ3v) is 4.52. The first-order valence-electron chi connectivity index (χ1n) is 8.96. The number of nitro groups is 1. The molecule has 2 unspecified atom stereocenters. The van der Waals surface area contributed by atoms with Crippen molar-refractivity contribution in [2.75, 3.05) is 13.2 Å². The summed E-state index contributed by atoms with van der Waals surface area (Å²) in [6.07, 6.45) is 2.33. The van der Waals surface area contributed by atoms with E-state index in [2.05, 4.69) is 29.4 Å². The molecule has 2 aromatic carbocycles. The van der Waals surface area contributed by atoms with Crippen molar-refractivity contribution in [3.05, 3.63) is 70.4 Å². The number of H-pyrrole nitrogens is 1. The lowest BCUT2D eigenvalue weighted by Gasteiger charge is -2.15. The van der Waals surface area contributed by atoms with Crippen LogP contribution in [0.2, 0.25) is 0 Å². The maximum atomic E-state index is 10.6. The number of aromatic nitrogens is 1. The molecule has 2 atom stereocenters. The highest BCUT2D eigenvalue weighted by atomic mass is 16.6. The summed E-state index contributed by atoms with van der Waals surface area (Å²) in [6, 6.07) is 14.4. The first kappa shape index (κ1) is 18.9. The summed E-state index contributed by atoms with van der Waals surface area (Å²) in [5.41, 5.74) is 2.42. The number of aliphatic hydroxyl groups is 1. The lowest BCUT2D eigenvalue weighted by molar-refractivity contribution is -0.691. The lowest BCUT2D eigenvalue weighted by Crippen LogP contribution is -2.91. The van der Waals surface area contributed by atoms with E-state index >= 15 is 0 Å². The summed E-state index contributed by atoms with van der Waals surface area (Å²) in [7, 11) is 0. The Kier molecular flexibility index (Phi) is 6.05. The maximum absolute atomic E-state index is 10.6. The number of hydrogen-bond donors (Lipinski definition) is 3. The molecule has 3 rings (SSSR count). The van der Waals surface area contributed by atoms with Crippen LogP contribution in [0.4, 0.5) is 5.69 Å². The number of non-ortho nitro benzene ring substituents is 1. The van der Waals surface area contributed by atoms with Crippen LogP contribution in [0, 0.1) is 10.1 Å². The van der Waals surface area contributed by atoms with Gasteiger partial charge in [0.05, 0.1) is 11.0 Å². The first-order chi connectivity index (χ1) is 13.0. The minimum atomic E-state index is -0.620. The Morgan fingerprint density at radius 3 is 2.70 bits per heavy atom. The number of nitro benzene ring substituents is 1. The Balaban J connectivity index is 1.43. The van der Waals surface area contributed by atoms with Gasteiger partial charge in [0, 0.05) is 35.7 Å². The number of nitrogens with zero attached hydrogens (tertiary/aromatic N) is 1. The lowest BCUT2D eigenvalue weighted by atomic mass is 10.1. The van der Waals surface area contributed by atoms with Gasteiger partial charge in [-0.05, 0) is 30.7 Å². The summed E-state index contributed by atoms with van der Waals surface area (Å²) in [5.74, 6) is 0.506. The topological polar surface area (TPSA) is 105 Å². The van der Waals surface area contributed by atoms with Gasteiger partial charge in [0.1, 0.15) is 25.0 Å². The highest BCUT2D eigenvalue weighted by Gasteiger charge is 2.14. The van der Waals surface area contributed by atoms with Gasteiger partial charge in [-0.3, -0.25) is 10.1 Å². The molecule has 0 saturated carbocycles. The number of para-hydroxylation sites is 1. The molecular formula is C20H24N3O4+. The summed E-state index contributed by atoms with van der Waals surface area (Å²) >= 11 is 0. The van der Waals surface area contributed by atoms with Crippen molar-refractivity contribution in [2.45, 2.75) is 25.5 Å². The second kappa shape index (κ2) is 8.66. The predicted octanol–water partition coefficient (Wildman–Crippen LogP) is 2.01. The van der Waals surface area contributed by atoms with Gasteiger partial charge >= 0.3 is 0 Å². The van der Waals surface area contributed by atoms with E-state index in [1.807, 2.05) is 18.3 Å². The smallest absolute Gasteiger partial charge is 0.269 e. The second-order valence-electron chi connectivity index (χ2n) is 6.73. The van der Waals surface area contributed by atoms with E-state index in [9.17, 15) is 15.2 Å². The SMILES string of the molecule is CC(Cc1c[nH]c2ccccc12)[NH2+]CC(O)COc1ccc([N+](=O)[O-])cc1. The van der Waals surface area contributed by atoms with Crippen molar-refractivity contribution in [2.24, 2.45) is 0 Å². The van der Waals surface area contributed by atoms with Gasteiger partial charge in [0.25, 0.3) is 5.69 Å². The number of aliphatic hydroxyl groups excluding tert-OH is 1. The van der Waals surface area contributed by atoms with Gasteiger partial charge in [-0.25, -0.2) is 0 Å². The molecule has 0 aliphatic carbocycles. The molecule has 0 aliphatic heterocycles. The highest BCUT2D eigenvalue weighted by molar-refractivity contribution is 5.83. The van der Waals surface area contributed by atoms with Crippen molar-refractivity contribution in [1.82, 2.24) is 4.98 Å². The normalized spacial score (nSPS) is 13.4. The predicted molar refractivity (Wildman–Crippen MR) is 103 cm³/mol. The number of nitrogens with one attached hydrogen (secondary N) is 1. The molecule has 1 heterocycles. The van der Waals surface area contributed by atoms with Crippen molar-refractivity contribution in [3.8, 4) is 5.75 Å². The van der Waals surface area contributed by atoms with E-state index in [-0.39, 0.29) is 12.3 Å². The molecule has 0 saturated heterocycles. The molecule has 0 radical (unpaired) electrons. The van der Waals surface area contributed by atoms with Crippen LogP contribution in [0.25, 0.3) is 10.9 Å². The maximum Gasteiger partial charge on any atom is 0.269 e. The fourth-order valence-electron chi connectivity index (χ4n) is 3.04. The zero-order chi connectivity index (χ0) is 19.2. The first-order valence-corrected chi connectivity index (χ1v) is 8.96. The quantitative estimate of drug-likeness (QED) is 0.396. The van der Waals surface area contributed by atoms with Gasteiger partial charge < -0.3 is 20.1 Å². The Morgan fingerprint density at radius 1 is 1.22 bits per heavy atom. The van der Waals surface area contributed by atoms with Crippen LogP contribution < -0.4 is 10.1 Å². The molecule has 3 aromatic rings. The number of aromatic amines is 1. The third kappa shape index (κ3) is 5.06. The van der Waals surface area contributed by atoms with E-state index < -0.39 is 11.0 Å². The van der Waals surface area contributed by atoms with E-state index in [1.165, 1.54) is 35.2 Å².